The molecule has 0 aliphatic rings. The van der Waals surface area contributed by atoms with Crippen LogP contribution in [0.5, 0.6) is 11.5 Å². The minimum Gasteiger partial charge on any atom is -0.478 e. The van der Waals surface area contributed by atoms with Crippen LogP contribution in [0.4, 0.5) is 0 Å². The number of carbonyl (C=O) groups excluding carboxylic acids is 5. The maximum atomic E-state index is 12.4. The second kappa shape index (κ2) is 12.5. The lowest BCUT2D eigenvalue weighted by atomic mass is 10.1. The van der Waals surface area contributed by atoms with E-state index in [1.807, 2.05) is 0 Å². The molecule has 0 amide bonds. The molecule has 1 atom stereocenters. The molecular weight excluding hydrogens is 468 g/mol. The average Bonchev–Trinajstić information content (AvgIpc) is 2.81. The van der Waals surface area contributed by atoms with Crippen molar-refractivity contribution in [2.24, 2.45) is 0 Å². The van der Waals surface area contributed by atoms with Gasteiger partial charge in [0.15, 0.2) is 17.6 Å². The molecule has 0 aliphatic carbocycles. The Morgan fingerprint density at radius 1 is 0.857 bits per heavy atom. The highest BCUT2D eigenvalue weighted by molar-refractivity contribution is 5.95. The number of rotatable bonds is 12. The van der Waals surface area contributed by atoms with Gasteiger partial charge in [-0.3, -0.25) is 14.4 Å². The second-order valence-electron chi connectivity index (χ2n) is 6.85. The Morgan fingerprint density at radius 3 is 1.94 bits per heavy atom. The number of ether oxygens (including phenoxy) is 5. The summed E-state index contributed by atoms with van der Waals surface area (Å²) < 4.78 is 24.5. The zero-order valence-electron chi connectivity index (χ0n) is 18.5. The van der Waals surface area contributed by atoms with Crippen LogP contribution in [-0.2, 0) is 28.6 Å². The number of carboxylic acids is 1. The molecule has 0 saturated carbocycles. The smallest absolute Gasteiger partial charge is 0.338 e. The van der Waals surface area contributed by atoms with Crippen molar-refractivity contribution in [1.82, 2.24) is 0 Å². The minimum atomic E-state index is -1.21. The first kappa shape index (κ1) is 26.5. The Labute approximate surface area is 198 Å². The van der Waals surface area contributed by atoms with Crippen LogP contribution in [0.1, 0.15) is 43.6 Å². The SMILES string of the molecule is CC(=O)OC(COC(=O)c1ccc(OC=O)c(OC=O)c1)COC(=O)c1ccc(C)c(C(=O)O)c1. The molecule has 0 radical (unpaired) electrons. The van der Waals surface area contributed by atoms with Crippen LogP contribution in [-0.4, -0.2) is 61.2 Å². The molecule has 0 spiro atoms. The zero-order chi connectivity index (χ0) is 26.0. The summed E-state index contributed by atoms with van der Waals surface area (Å²) in [5.41, 5.74) is 0.255. The molecule has 0 aromatic heterocycles. The largest absolute Gasteiger partial charge is 0.478 e. The number of esters is 3. The number of aromatic carboxylic acids is 1. The van der Waals surface area contributed by atoms with Gasteiger partial charge < -0.3 is 28.8 Å². The Morgan fingerprint density at radius 2 is 1.40 bits per heavy atom. The monoisotopic (exact) mass is 488 g/mol. The van der Waals surface area contributed by atoms with E-state index in [9.17, 15) is 33.9 Å². The van der Waals surface area contributed by atoms with Crippen molar-refractivity contribution >= 4 is 36.8 Å². The quantitative estimate of drug-likeness (QED) is 0.261. The molecule has 0 fully saturated rings. The lowest BCUT2D eigenvalue weighted by molar-refractivity contribution is -0.151. The highest BCUT2D eigenvalue weighted by Gasteiger charge is 2.21. The molecule has 2 rings (SSSR count). The molecule has 35 heavy (non-hydrogen) atoms. The Kier molecular flexibility index (Phi) is 9.46. The van der Waals surface area contributed by atoms with Gasteiger partial charge in [0, 0.05) is 6.92 Å². The number of benzene rings is 2. The van der Waals surface area contributed by atoms with Gasteiger partial charge in [-0.2, -0.15) is 0 Å². The number of hydrogen-bond donors (Lipinski definition) is 1. The van der Waals surface area contributed by atoms with E-state index < -0.39 is 43.2 Å². The van der Waals surface area contributed by atoms with Crippen LogP contribution in [0, 0.1) is 6.92 Å². The van der Waals surface area contributed by atoms with E-state index in [1.54, 1.807) is 6.92 Å². The predicted molar refractivity (Wildman–Crippen MR) is 114 cm³/mol. The van der Waals surface area contributed by atoms with E-state index in [1.165, 1.54) is 24.3 Å². The van der Waals surface area contributed by atoms with Crippen molar-refractivity contribution in [3.63, 3.8) is 0 Å². The average molecular weight is 488 g/mol. The van der Waals surface area contributed by atoms with Gasteiger partial charge in [-0.1, -0.05) is 6.07 Å². The van der Waals surface area contributed by atoms with Crippen LogP contribution in [0.15, 0.2) is 36.4 Å². The van der Waals surface area contributed by atoms with Gasteiger partial charge in [-0.05, 0) is 42.8 Å². The molecule has 0 aliphatic heterocycles. The van der Waals surface area contributed by atoms with Crippen molar-refractivity contribution in [2.45, 2.75) is 20.0 Å². The molecule has 2 aromatic carbocycles. The van der Waals surface area contributed by atoms with E-state index in [4.69, 9.17) is 14.2 Å². The van der Waals surface area contributed by atoms with E-state index in [0.717, 1.165) is 19.1 Å². The van der Waals surface area contributed by atoms with Gasteiger partial charge in [-0.25, -0.2) is 14.4 Å². The standard InChI is InChI=1S/C23H20O12/c1-13-3-4-15(7-18(13)21(27)28)22(29)31-9-17(35-14(2)26)10-32-23(30)16-5-6-19(33-11-24)20(8-16)34-12-25/h3-8,11-12,17H,9-10H2,1-2H3,(H,27,28). The number of aryl methyl sites for hydroxylation is 1. The van der Waals surface area contributed by atoms with Gasteiger partial charge in [0.05, 0.1) is 16.7 Å². The molecular formula is C23H20O12. The van der Waals surface area contributed by atoms with Gasteiger partial charge >= 0.3 is 23.9 Å². The van der Waals surface area contributed by atoms with E-state index >= 15 is 0 Å². The molecule has 12 heteroatoms. The fraction of sp³-hybridized carbons (Fsp3) is 0.217. The lowest BCUT2D eigenvalue weighted by Gasteiger charge is -2.17. The summed E-state index contributed by atoms with van der Waals surface area (Å²) in [6.07, 6.45) is -1.17. The maximum Gasteiger partial charge on any atom is 0.338 e. The van der Waals surface area contributed by atoms with Crippen molar-refractivity contribution in [3.8, 4) is 11.5 Å². The highest BCUT2D eigenvalue weighted by Crippen LogP contribution is 2.28. The van der Waals surface area contributed by atoms with Crippen molar-refractivity contribution in [3.05, 3.63) is 58.7 Å². The van der Waals surface area contributed by atoms with Gasteiger partial charge in [0.2, 0.25) is 0 Å². The summed E-state index contributed by atoms with van der Waals surface area (Å²) in [6, 6.07) is 7.49. The molecule has 0 bridgehead atoms. The zero-order valence-corrected chi connectivity index (χ0v) is 18.5. The number of carboxylic acid groups (broad SMARTS) is 1. The van der Waals surface area contributed by atoms with Crippen molar-refractivity contribution in [1.29, 1.82) is 0 Å². The lowest BCUT2D eigenvalue weighted by Crippen LogP contribution is -2.30. The van der Waals surface area contributed by atoms with Crippen LogP contribution < -0.4 is 9.47 Å². The molecule has 1 N–H and O–H groups in total. The van der Waals surface area contributed by atoms with Gasteiger partial charge in [-0.15, -0.1) is 0 Å². The predicted octanol–water partition coefficient (Wildman–Crippen LogP) is 1.71. The van der Waals surface area contributed by atoms with Crippen LogP contribution in [0.3, 0.4) is 0 Å². The summed E-state index contributed by atoms with van der Waals surface area (Å²) in [5, 5.41) is 9.19. The first-order valence-electron chi connectivity index (χ1n) is 9.86. The normalized spacial score (nSPS) is 10.9. The molecule has 1 unspecified atom stereocenters. The van der Waals surface area contributed by atoms with Crippen LogP contribution in [0.2, 0.25) is 0 Å². The van der Waals surface area contributed by atoms with Crippen LogP contribution in [0.25, 0.3) is 0 Å². The Bertz CT molecular complexity index is 1140. The van der Waals surface area contributed by atoms with Gasteiger partial charge in [0.25, 0.3) is 12.9 Å². The highest BCUT2D eigenvalue weighted by atomic mass is 16.6. The van der Waals surface area contributed by atoms with Gasteiger partial charge in [0.1, 0.15) is 13.2 Å². The van der Waals surface area contributed by atoms with E-state index in [-0.39, 0.29) is 41.1 Å². The maximum absolute atomic E-state index is 12.4. The minimum absolute atomic E-state index is 0.0353. The van der Waals surface area contributed by atoms with Crippen molar-refractivity contribution < 1.29 is 57.6 Å². The van der Waals surface area contributed by atoms with Crippen molar-refractivity contribution in [2.75, 3.05) is 13.2 Å². The summed E-state index contributed by atoms with van der Waals surface area (Å²) in [5.74, 6) is -4.07. The fourth-order valence-corrected chi connectivity index (χ4v) is 2.76. The fourth-order valence-electron chi connectivity index (χ4n) is 2.76. The first-order valence-corrected chi connectivity index (χ1v) is 9.86. The summed E-state index contributed by atoms with van der Waals surface area (Å²) >= 11 is 0. The third-order valence-corrected chi connectivity index (χ3v) is 4.37. The number of carbonyl (C=O) groups is 6. The number of hydrogen-bond acceptors (Lipinski definition) is 11. The molecule has 2 aromatic rings. The Balaban J connectivity index is 2.05. The topological polar surface area (TPSA) is 169 Å². The van der Waals surface area contributed by atoms with E-state index in [2.05, 4.69) is 9.47 Å². The third kappa shape index (κ3) is 7.67. The summed E-state index contributed by atoms with van der Waals surface area (Å²) in [6.45, 7) is 1.85. The first-order chi connectivity index (χ1) is 16.7. The summed E-state index contributed by atoms with van der Waals surface area (Å²) in [4.78, 5) is 68.5. The Hall–Kier alpha value is -4.74. The second-order valence-corrected chi connectivity index (χ2v) is 6.85. The molecule has 0 heterocycles. The van der Waals surface area contributed by atoms with E-state index in [0.29, 0.717) is 5.56 Å². The third-order valence-electron chi connectivity index (χ3n) is 4.37. The summed E-state index contributed by atoms with van der Waals surface area (Å²) in [7, 11) is 0. The molecule has 12 nitrogen and oxygen atoms in total. The molecule has 184 valence electrons. The molecule has 0 saturated heterocycles. The van der Waals surface area contributed by atoms with Crippen LogP contribution >= 0.6 is 0 Å².